The lowest BCUT2D eigenvalue weighted by atomic mass is 10.1. The van der Waals surface area contributed by atoms with Gasteiger partial charge in [0.1, 0.15) is 24.1 Å². The molecule has 0 aliphatic heterocycles. The van der Waals surface area contributed by atoms with Gasteiger partial charge in [-0.15, -0.1) is 0 Å². The Morgan fingerprint density at radius 3 is 2.00 bits per heavy atom. The summed E-state index contributed by atoms with van der Waals surface area (Å²) in [5, 5.41) is 12.0. The highest BCUT2D eigenvalue weighted by Crippen LogP contribution is 2.15. The van der Waals surface area contributed by atoms with Crippen LogP contribution in [-0.2, 0) is 22.6 Å². The van der Waals surface area contributed by atoms with Crippen molar-refractivity contribution in [1.82, 2.24) is 5.32 Å². The van der Waals surface area contributed by atoms with Gasteiger partial charge in [-0.3, -0.25) is 4.79 Å². The third-order valence-corrected chi connectivity index (χ3v) is 4.36. The zero-order valence-corrected chi connectivity index (χ0v) is 16.4. The first-order chi connectivity index (χ1) is 14.6. The van der Waals surface area contributed by atoms with Gasteiger partial charge in [0, 0.05) is 6.42 Å². The van der Waals surface area contributed by atoms with Crippen molar-refractivity contribution in [3.8, 4) is 11.5 Å². The third kappa shape index (κ3) is 6.67. The molecule has 0 unspecified atom stereocenters. The number of benzene rings is 3. The van der Waals surface area contributed by atoms with E-state index in [1.54, 1.807) is 48.5 Å². The molecule has 0 bridgehead atoms. The van der Waals surface area contributed by atoms with Crippen LogP contribution in [0, 0.1) is 0 Å². The van der Waals surface area contributed by atoms with Crippen LogP contribution in [0.4, 0.5) is 0 Å². The van der Waals surface area contributed by atoms with Crippen molar-refractivity contribution in [3.05, 3.63) is 96.1 Å². The molecule has 0 saturated carbocycles. The van der Waals surface area contributed by atoms with Gasteiger partial charge in [-0.25, -0.2) is 4.79 Å². The second-order valence-electron chi connectivity index (χ2n) is 6.68. The maximum absolute atomic E-state index is 12.1. The van der Waals surface area contributed by atoms with Gasteiger partial charge in [-0.1, -0.05) is 60.7 Å². The minimum atomic E-state index is -1.10. The molecule has 0 aliphatic rings. The summed E-state index contributed by atoms with van der Waals surface area (Å²) in [6, 6.07) is 24.8. The molecule has 1 atom stereocenters. The highest BCUT2D eigenvalue weighted by Gasteiger charge is 2.20. The van der Waals surface area contributed by atoms with Crippen LogP contribution in [0.15, 0.2) is 84.9 Å². The van der Waals surface area contributed by atoms with E-state index < -0.39 is 17.9 Å². The van der Waals surface area contributed by atoms with E-state index >= 15 is 0 Å². The molecule has 1 amide bonds. The molecule has 3 aromatic rings. The van der Waals surface area contributed by atoms with E-state index in [4.69, 9.17) is 9.47 Å². The highest BCUT2D eigenvalue weighted by molar-refractivity contribution is 5.84. The maximum Gasteiger partial charge on any atom is 0.326 e. The SMILES string of the molecule is O=C(COc1ccccc1)N[C@@H](Cc1ccc(OCc2ccccc2)cc1)C(=O)O. The van der Waals surface area contributed by atoms with Crippen LogP contribution in [0.25, 0.3) is 0 Å². The van der Waals surface area contributed by atoms with Crippen LogP contribution in [0.5, 0.6) is 11.5 Å². The standard InChI is InChI=1S/C24H23NO5/c26-23(17-30-20-9-5-2-6-10-20)25-22(24(27)28)15-18-11-13-21(14-12-18)29-16-19-7-3-1-4-8-19/h1-14,22H,15-17H2,(H,25,26)(H,27,28)/t22-/m0/s1. The molecular formula is C24H23NO5. The minimum Gasteiger partial charge on any atom is -0.489 e. The number of hydrogen-bond donors (Lipinski definition) is 2. The first-order valence-corrected chi connectivity index (χ1v) is 9.56. The maximum atomic E-state index is 12.1. The molecular weight excluding hydrogens is 382 g/mol. The Labute approximate surface area is 175 Å². The van der Waals surface area contributed by atoms with E-state index in [0.717, 1.165) is 11.1 Å². The lowest BCUT2D eigenvalue weighted by molar-refractivity contribution is -0.142. The minimum absolute atomic E-state index is 0.158. The molecule has 0 heterocycles. The average Bonchev–Trinajstić information content (AvgIpc) is 2.78. The number of rotatable bonds is 10. The molecule has 6 nitrogen and oxygen atoms in total. The van der Waals surface area contributed by atoms with Gasteiger partial charge in [-0.2, -0.15) is 0 Å². The summed E-state index contributed by atoms with van der Waals surface area (Å²) in [5.41, 5.74) is 1.84. The van der Waals surface area contributed by atoms with Crippen LogP contribution in [0.3, 0.4) is 0 Å². The van der Waals surface area contributed by atoms with Gasteiger partial charge in [0.2, 0.25) is 0 Å². The number of carboxylic acids is 1. The Balaban J connectivity index is 1.50. The van der Waals surface area contributed by atoms with E-state index in [1.807, 2.05) is 36.4 Å². The van der Waals surface area contributed by atoms with Gasteiger partial charge in [0.05, 0.1) is 0 Å². The Kier molecular flexibility index (Phi) is 7.44. The number of carbonyl (C=O) groups excluding carboxylic acids is 1. The third-order valence-electron chi connectivity index (χ3n) is 4.36. The van der Waals surface area contributed by atoms with Crippen LogP contribution in [-0.4, -0.2) is 29.6 Å². The number of carbonyl (C=O) groups is 2. The molecule has 154 valence electrons. The monoisotopic (exact) mass is 405 g/mol. The fourth-order valence-corrected chi connectivity index (χ4v) is 2.80. The first kappa shape index (κ1) is 20.9. The van der Waals surface area contributed by atoms with Crippen LogP contribution >= 0.6 is 0 Å². The molecule has 0 saturated heterocycles. The summed E-state index contributed by atoms with van der Waals surface area (Å²) in [6.45, 7) is 0.204. The first-order valence-electron chi connectivity index (χ1n) is 9.56. The molecule has 0 aliphatic carbocycles. The van der Waals surface area contributed by atoms with E-state index in [2.05, 4.69) is 5.32 Å². The lowest BCUT2D eigenvalue weighted by Crippen LogP contribution is -2.44. The predicted octanol–water partition coefficient (Wildman–Crippen LogP) is 3.46. The van der Waals surface area contributed by atoms with Gasteiger partial charge in [-0.05, 0) is 35.4 Å². The molecule has 0 radical (unpaired) electrons. The summed E-state index contributed by atoms with van der Waals surface area (Å²) < 4.78 is 11.1. The number of aliphatic carboxylic acids is 1. The van der Waals surface area contributed by atoms with Gasteiger partial charge >= 0.3 is 5.97 Å². The molecule has 30 heavy (non-hydrogen) atoms. The van der Waals surface area contributed by atoms with Gasteiger partial charge in [0.15, 0.2) is 6.61 Å². The van der Waals surface area contributed by atoms with Crippen LogP contribution in [0.1, 0.15) is 11.1 Å². The molecule has 6 heteroatoms. The molecule has 0 spiro atoms. The second kappa shape index (κ2) is 10.7. The number of para-hydroxylation sites is 1. The summed E-state index contributed by atoms with van der Waals surface area (Å²) in [5.74, 6) is -0.359. The average molecular weight is 405 g/mol. The number of hydrogen-bond acceptors (Lipinski definition) is 4. The van der Waals surface area contributed by atoms with Crippen molar-refractivity contribution >= 4 is 11.9 Å². The number of nitrogens with one attached hydrogen (secondary N) is 1. The second-order valence-corrected chi connectivity index (χ2v) is 6.68. The van der Waals surface area contributed by atoms with Gasteiger partial charge in [0.25, 0.3) is 5.91 Å². The van der Waals surface area contributed by atoms with E-state index in [-0.39, 0.29) is 13.0 Å². The molecule has 3 rings (SSSR count). The smallest absolute Gasteiger partial charge is 0.326 e. The van der Waals surface area contributed by atoms with Crippen LogP contribution < -0.4 is 14.8 Å². The fraction of sp³-hybridized carbons (Fsp3) is 0.167. The topological polar surface area (TPSA) is 84.9 Å². The van der Waals surface area contributed by atoms with Crippen molar-refractivity contribution < 1.29 is 24.2 Å². The Bertz CT molecular complexity index is 942. The van der Waals surface area contributed by atoms with Crippen molar-refractivity contribution in [2.24, 2.45) is 0 Å². The fourth-order valence-electron chi connectivity index (χ4n) is 2.80. The van der Waals surface area contributed by atoms with E-state index in [0.29, 0.717) is 18.1 Å². The van der Waals surface area contributed by atoms with Crippen LogP contribution in [0.2, 0.25) is 0 Å². The Morgan fingerprint density at radius 2 is 1.37 bits per heavy atom. The summed E-state index contributed by atoms with van der Waals surface area (Å²) >= 11 is 0. The summed E-state index contributed by atoms with van der Waals surface area (Å²) in [4.78, 5) is 23.6. The largest absolute Gasteiger partial charge is 0.489 e. The van der Waals surface area contributed by atoms with Gasteiger partial charge < -0.3 is 19.9 Å². The zero-order valence-electron chi connectivity index (χ0n) is 16.4. The number of amides is 1. The quantitative estimate of drug-likeness (QED) is 0.540. The summed E-state index contributed by atoms with van der Waals surface area (Å²) in [7, 11) is 0. The Hall–Kier alpha value is -3.80. The van der Waals surface area contributed by atoms with Crippen molar-refractivity contribution in [3.63, 3.8) is 0 Å². The van der Waals surface area contributed by atoms with Crippen molar-refractivity contribution in [2.75, 3.05) is 6.61 Å². The highest BCUT2D eigenvalue weighted by atomic mass is 16.5. The van der Waals surface area contributed by atoms with E-state index in [1.165, 1.54) is 0 Å². The molecule has 0 aromatic heterocycles. The summed E-state index contributed by atoms with van der Waals surface area (Å²) in [6.07, 6.45) is 0.158. The molecule has 2 N–H and O–H groups in total. The van der Waals surface area contributed by atoms with Crippen molar-refractivity contribution in [2.45, 2.75) is 19.1 Å². The molecule has 0 fully saturated rings. The predicted molar refractivity (Wildman–Crippen MR) is 112 cm³/mol. The lowest BCUT2D eigenvalue weighted by Gasteiger charge is -2.15. The molecule has 3 aromatic carbocycles. The zero-order chi connectivity index (χ0) is 21.2. The normalized spacial score (nSPS) is 11.3. The number of ether oxygens (including phenoxy) is 2. The van der Waals surface area contributed by atoms with E-state index in [9.17, 15) is 14.7 Å². The number of carboxylic acid groups (broad SMARTS) is 1. The Morgan fingerprint density at radius 1 is 0.767 bits per heavy atom. The van der Waals surface area contributed by atoms with Crippen molar-refractivity contribution in [1.29, 1.82) is 0 Å².